The van der Waals surface area contributed by atoms with E-state index < -0.39 is 0 Å². The molecule has 1 aromatic rings. The Labute approximate surface area is 97.4 Å². The molecular formula is C11H14BrNO2. The molecular weight excluding hydrogens is 258 g/mol. The first-order valence-corrected chi connectivity index (χ1v) is 5.72. The monoisotopic (exact) mass is 271 g/mol. The molecule has 0 heterocycles. The first kappa shape index (κ1) is 10.8. The first-order chi connectivity index (χ1) is 7.08. The molecule has 0 radical (unpaired) electrons. The van der Waals surface area contributed by atoms with E-state index in [0.717, 1.165) is 29.3 Å². The van der Waals surface area contributed by atoms with Crippen molar-refractivity contribution in [2.24, 2.45) is 5.73 Å². The Balaban J connectivity index is 2.57. The van der Waals surface area contributed by atoms with Crippen molar-refractivity contribution in [2.75, 3.05) is 7.11 Å². The minimum atomic E-state index is -0.344. The smallest absolute Gasteiger partial charge is 0.166 e. The number of phenolic OH excluding ortho intramolecular Hbond substituents is 1. The van der Waals surface area contributed by atoms with Gasteiger partial charge in [-0.1, -0.05) is 15.9 Å². The predicted octanol–water partition coefficient (Wildman–Crippen LogP) is 2.50. The Morgan fingerprint density at radius 1 is 1.47 bits per heavy atom. The Morgan fingerprint density at radius 2 is 2.13 bits per heavy atom. The zero-order valence-corrected chi connectivity index (χ0v) is 10.2. The second-order valence-corrected chi connectivity index (χ2v) is 4.84. The van der Waals surface area contributed by atoms with E-state index in [9.17, 15) is 5.11 Å². The van der Waals surface area contributed by atoms with Crippen molar-refractivity contribution in [2.45, 2.75) is 24.8 Å². The van der Waals surface area contributed by atoms with Gasteiger partial charge in [-0.15, -0.1) is 0 Å². The van der Waals surface area contributed by atoms with Gasteiger partial charge in [-0.3, -0.25) is 0 Å². The number of benzene rings is 1. The lowest BCUT2D eigenvalue weighted by molar-refractivity contribution is 0.239. The minimum absolute atomic E-state index is 0.146. The molecule has 0 saturated heterocycles. The summed E-state index contributed by atoms with van der Waals surface area (Å²) in [7, 11) is 1.55. The lowest BCUT2D eigenvalue weighted by Gasteiger charge is -2.40. The zero-order valence-electron chi connectivity index (χ0n) is 8.59. The molecule has 3 N–H and O–H groups in total. The highest BCUT2D eigenvalue weighted by molar-refractivity contribution is 9.10. The van der Waals surface area contributed by atoms with Crippen LogP contribution in [0.4, 0.5) is 0 Å². The fraction of sp³-hybridized carbons (Fsp3) is 0.455. The lowest BCUT2D eigenvalue weighted by Crippen LogP contribution is -2.43. The van der Waals surface area contributed by atoms with Gasteiger partial charge in [-0.2, -0.15) is 0 Å². The van der Waals surface area contributed by atoms with Gasteiger partial charge in [-0.25, -0.2) is 0 Å². The number of hydrogen-bond acceptors (Lipinski definition) is 3. The average Bonchev–Trinajstić information content (AvgIpc) is 2.17. The average molecular weight is 272 g/mol. The number of rotatable bonds is 2. The first-order valence-electron chi connectivity index (χ1n) is 4.93. The molecule has 0 amide bonds. The number of phenols is 1. The van der Waals surface area contributed by atoms with Crippen LogP contribution in [-0.4, -0.2) is 12.2 Å². The van der Waals surface area contributed by atoms with Crippen molar-refractivity contribution in [3.05, 3.63) is 22.2 Å². The number of ether oxygens (including phenoxy) is 1. The van der Waals surface area contributed by atoms with E-state index in [1.54, 1.807) is 19.2 Å². The summed E-state index contributed by atoms with van der Waals surface area (Å²) in [4.78, 5) is 0. The van der Waals surface area contributed by atoms with Gasteiger partial charge in [0, 0.05) is 15.6 Å². The third-order valence-electron chi connectivity index (χ3n) is 3.03. The molecule has 82 valence electrons. The van der Waals surface area contributed by atoms with Crippen LogP contribution in [0.2, 0.25) is 0 Å². The predicted molar refractivity (Wildman–Crippen MR) is 62.1 cm³/mol. The van der Waals surface area contributed by atoms with Crippen molar-refractivity contribution in [3.63, 3.8) is 0 Å². The fourth-order valence-corrected chi connectivity index (χ4v) is 2.73. The SMILES string of the molecule is COc1c(O)ccc(Br)c1C1(N)CCC1. The molecule has 3 nitrogen and oxygen atoms in total. The molecule has 2 rings (SSSR count). The maximum atomic E-state index is 9.70. The maximum absolute atomic E-state index is 9.70. The van der Waals surface area contributed by atoms with Gasteiger partial charge < -0.3 is 15.6 Å². The third kappa shape index (κ3) is 1.62. The number of nitrogens with two attached hydrogens (primary N) is 1. The molecule has 0 bridgehead atoms. The van der Waals surface area contributed by atoms with Crippen molar-refractivity contribution < 1.29 is 9.84 Å². The third-order valence-corrected chi connectivity index (χ3v) is 3.69. The highest BCUT2D eigenvalue weighted by atomic mass is 79.9. The van der Waals surface area contributed by atoms with Crippen LogP contribution >= 0.6 is 15.9 Å². The van der Waals surface area contributed by atoms with Crippen LogP contribution < -0.4 is 10.5 Å². The van der Waals surface area contributed by atoms with Gasteiger partial charge in [0.25, 0.3) is 0 Å². The second kappa shape index (κ2) is 3.68. The standard InChI is InChI=1S/C11H14BrNO2/c1-15-10-8(14)4-3-7(12)9(10)11(13)5-2-6-11/h3-4,14H,2,5-6,13H2,1H3. The van der Waals surface area contributed by atoms with E-state index in [1.807, 2.05) is 0 Å². The van der Waals surface area contributed by atoms with Gasteiger partial charge in [0.05, 0.1) is 7.11 Å². The summed E-state index contributed by atoms with van der Waals surface area (Å²) in [6.45, 7) is 0. The van der Waals surface area contributed by atoms with Gasteiger partial charge >= 0.3 is 0 Å². The van der Waals surface area contributed by atoms with Gasteiger partial charge in [-0.05, 0) is 31.4 Å². The Morgan fingerprint density at radius 3 is 2.60 bits per heavy atom. The summed E-state index contributed by atoms with van der Waals surface area (Å²) in [6.07, 6.45) is 3.00. The van der Waals surface area contributed by atoms with Crippen LogP contribution in [0.5, 0.6) is 11.5 Å². The van der Waals surface area contributed by atoms with Gasteiger partial charge in [0.2, 0.25) is 0 Å². The second-order valence-electron chi connectivity index (χ2n) is 3.98. The van der Waals surface area contributed by atoms with E-state index in [-0.39, 0.29) is 11.3 Å². The van der Waals surface area contributed by atoms with Crippen molar-refractivity contribution in [3.8, 4) is 11.5 Å². The molecule has 4 heteroatoms. The van der Waals surface area contributed by atoms with Gasteiger partial charge in [0.15, 0.2) is 11.5 Å². The number of hydrogen-bond donors (Lipinski definition) is 2. The van der Waals surface area contributed by atoms with E-state index in [4.69, 9.17) is 10.5 Å². The van der Waals surface area contributed by atoms with Crippen LogP contribution in [0.25, 0.3) is 0 Å². The number of methoxy groups -OCH3 is 1. The topological polar surface area (TPSA) is 55.5 Å². The fourth-order valence-electron chi connectivity index (χ4n) is 2.03. The Kier molecular flexibility index (Phi) is 2.64. The van der Waals surface area contributed by atoms with Crippen LogP contribution in [-0.2, 0) is 5.54 Å². The van der Waals surface area contributed by atoms with Crippen LogP contribution in [0.3, 0.4) is 0 Å². The van der Waals surface area contributed by atoms with E-state index in [0.29, 0.717) is 5.75 Å². The summed E-state index contributed by atoms with van der Waals surface area (Å²) in [5, 5.41) is 9.70. The molecule has 0 aliphatic heterocycles. The lowest BCUT2D eigenvalue weighted by atomic mass is 9.72. The van der Waals surface area contributed by atoms with Gasteiger partial charge in [0.1, 0.15) is 0 Å². The molecule has 1 saturated carbocycles. The Hall–Kier alpha value is -0.740. The van der Waals surface area contributed by atoms with Crippen LogP contribution in [0.1, 0.15) is 24.8 Å². The van der Waals surface area contributed by atoms with E-state index >= 15 is 0 Å². The molecule has 1 aliphatic carbocycles. The normalized spacial score (nSPS) is 18.3. The van der Waals surface area contributed by atoms with Crippen molar-refractivity contribution in [1.29, 1.82) is 0 Å². The Bertz CT molecular complexity index is 388. The maximum Gasteiger partial charge on any atom is 0.166 e. The highest BCUT2D eigenvalue weighted by Gasteiger charge is 2.39. The molecule has 1 fully saturated rings. The molecule has 0 spiro atoms. The number of aromatic hydroxyl groups is 1. The molecule has 0 atom stereocenters. The summed E-state index contributed by atoms with van der Waals surface area (Å²) in [5.41, 5.74) is 6.79. The molecule has 0 unspecified atom stereocenters. The summed E-state index contributed by atoms with van der Waals surface area (Å²) in [6, 6.07) is 3.41. The number of halogens is 1. The molecule has 15 heavy (non-hydrogen) atoms. The molecule has 1 aliphatic rings. The van der Waals surface area contributed by atoms with Crippen LogP contribution in [0, 0.1) is 0 Å². The van der Waals surface area contributed by atoms with Crippen molar-refractivity contribution in [1.82, 2.24) is 0 Å². The summed E-state index contributed by atoms with van der Waals surface area (Å²) < 4.78 is 6.12. The quantitative estimate of drug-likeness (QED) is 0.869. The van der Waals surface area contributed by atoms with E-state index in [2.05, 4.69) is 15.9 Å². The summed E-state index contributed by atoms with van der Waals surface area (Å²) >= 11 is 3.46. The largest absolute Gasteiger partial charge is 0.504 e. The minimum Gasteiger partial charge on any atom is -0.504 e. The van der Waals surface area contributed by atoms with Crippen molar-refractivity contribution >= 4 is 15.9 Å². The highest BCUT2D eigenvalue weighted by Crippen LogP contribution is 2.48. The molecule has 1 aromatic carbocycles. The summed E-state index contributed by atoms with van der Waals surface area (Å²) in [5.74, 6) is 0.638. The molecule has 0 aromatic heterocycles. The van der Waals surface area contributed by atoms with Crippen LogP contribution in [0.15, 0.2) is 16.6 Å². The van der Waals surface area contributed by atoms with E-state index in [1.165, 1.54) is 0 Å². The zero-order chi connectivity index (χ0) is 11.1.